The van der Waals surface area contributed by atoms with Crippen LogP contribution in [0.5, 0.6) is 5.75 Å². The van der Waals surface area contributed by atoms with E-state index in [9.17, 15) is 14.7 Å². The average molecular weight is 435 g/mol. The number of aryl methyl sites for hydroxylation is 1. The lowest BCUT2D eigenvalue weighted by Gasteiger charge is -2.35. The first-order valence-electron chi connectivity index (χ1n) is 11.5. The number of amides is 1. The molecule has 1 saturated heterocycles. The van der Waals surface area contributed by atoms with Gasteiger partial charge in [0.05, 0.1) is 17.9 Å². The highest BCUT2D eigenvalue weighted by atomic mass is 16.5. The van der Waals surface area contributed by atoms with Crippen molar-refractivity contribution in [1.82, 2.24) is 9.88 Å². The highest BCUT2D eigenvalue weighted by molar-refractivity contribution is 6.46. The van der Waals surface area contributed by atoms with Crippen LogP contribution in [0.25, 0.3) is 5.76 Å². The molecule has 1 aromatic heterocycles. The first kappa shape index (κ1) is 22.1. The molecule has 1 aromatic carbocycles. The quantitative estimate of drug-likeness (QED) is 0.396. The normalized spacial score (nSPS) is 21.2. The minimum Gasteiger partial charge on any atom is -0.507 e. The molecule has 1 amide bonds. The third kappa shape index (κ3) is 4.14. The number of hydrogen-bond acceptors (Lipinski definition) is 5. The van der Waals surface area contributed by atoms with E-state index in [1.54, 1.807) is 35.4 Å². The van der Waals surface area contributed by atoms with Crippen molar-refractivity contribution in [2.45, 2.75) is 64.5 Å². The Morgan fingerprint density at radius 1 is 1.16 bits per heavy atom. The summed E-state index contributed by atoms with van der Waals surface area (Å²) < 4.78 is 5.73. The Kier molecular flexibility index (Phi) is 6.58. The predicted molar refractivity (Wildman–Crippen MR) is 122 cm³/mol. The Labute approximate surface area is 188 Å². The molecule has 6 nitrogen and oxygen atoms in total. The molecule has 1 unspecified atom stereocenters. The lowest BCUT2D eigenvalue weighted by atomic mass is 9.92. The van der Waals surface area contributed by atoms with E-state index in [4.69, 9.17) is 4.74 Å². The fraction of sp³-hybridized carbons (Fsp3) is 0.423. The number of pyridine rings is 1. The van der Waals surface area contributed by atoms with E-state index in [1.165, 1.54) is 0 Å². The fourth-order valence-electron chi connectivity index (χ4n) is 4.74. The third-order valence-electron chi connectivity index (χ3n) is 6.33. The molecule has 0 bridgehead atoms. The van der Waals surface area contributed by atoms with Crippen LogP contribution >= 0.6 is 0 Å². The van der Waals surface area contributed by atoms with Crippen molar-refractivity contribution >= 4 is 17.4 Å². The molecule has 1 N–H and O–H groups in total. The monoisotopic (exact) mass is 434 g/mol. The maximum atomic E-state index is 13.2. The molecule has 1 atom stereocenters. The molecule has 2 aromatic rings. The Balaban J connectivity index is 1.79. The van der Waals surface area contributed by atoms with Crippen molar-refractivity contribution in [1.29, 1.82) is 0 Å². The molecular weight excluding hydrogens is 404 g/mol. The number of ketones is 1. The van der Waals surface area contributed by atoms with Gasteiger partial charge in [-0.15, -0.1) is 0 Å². The van der Waals surface area contributed by atoms with Crippen molar-refractivity contribution in [3.8, 4) is 5.75 Å². The summed E-state index contributed by atoms with van der Waals surface area (Å²) in [4.78, 5) is 32.5. The molecule has 32 heavy (non-hydrogen) atoms. The second-order valence-electron chi connectivity index (χ2n) is 8.58. The van der Waals surface area contributed by atoms with Crippen LogP contribution in [-0.2, 0) is 9.59 Å². The highest BCUT2D eigenvalue weighted by Gasteiger charge is 2.49. The number of benzene rings is 1. The summed E-state index contributed by atoms with van der Waals surface area (Å²) in [7, 11) is 0. The van der Waals surface area contributed by atoms with Crippen LogP contribution in [0.3, 0.4) is 0 Å². The van der Waals surface area contributed by atoms with Gasteiger partial charge >= 0.3 is 0 Å². The average Bonchev–Trinajstić information content (AvgIpc) is 3.09. The van der Waals surface area contributed by atoms with Crippen LogP contribution < -0.4 is 4.74 Å². The number of rotatable bonds is 6. The van der Waals surface area contributed by atoms with Gasteiger partial charge in [-0.2, -0.15) is 0 Å². The molecule has 0 radical (unpaired) electrons. The van der Waals surface area contributed by atoms with Crippen molar-refractivity contribution in [3.63, 3.8) is 0 Å². The van der Waals surface area contributed by atoms with Crippen LogP contribution in [0, 0.1) is 6.92 Å². The molecule has 168 valence electrons. The first-order valence-corrected chi connectivity index (χ1v) is 11.5. The van der Waals surface area contributed by atoms with Crippen LogP contribution in [0.2, 0.25) is 0 Å². The molecule has 1 aliphatic heterocycles. The zero-order valence-electron chi connectivity index (χ0n) is 18.7. The number of Topliss-reactive ketones (excluding diaryl/α,β-unsaturated/α-hetero) is 1. The zero-order chi connectivity index (χ0) is 22.7. The van der Waals surface area contributed by atoms with Gasteiger partial charge in [0, 0.05) is 17.8 Å². The smallest absolute Gasteiger partial charge is 0.295 e. The minimum absolute atomic E-state index is 0.0240. The summed E-state index contributed by atoms with van der Waals surface area (Å²) in [6.45, 7) is 4.55. The van der Waals surface area contributed by atoms with Gasteiger partial charge in [0.2, 0.25) is 0 Å². The fourth-order valence-corrected chi connectivity index (χ4v) is 4.74. The minimum atomic E-state index is -0.685. The topological polar surface area (TPSA) is 79.7 Å². The Hall–Kier alpha value is -3.15. The number of likely N-dealkylation sites (tertiary alicyclic amines) is 1. The van der Waals surface area contributed by atoms with Crippen LogP contribution in [0.15, 0.2) is 48.2 Å². The van der Waals surface area contributed by atoms with E-state index < -0.39 is 17.7 Å². The molecule has 1 saturated carbocycles. The highest BCUT2D eigenvalue weighted by Crippen LogP contribution is 2.42. The van der Waals surface area contributed by atoms with Crippen LogP contribution in [0.1, 0.15) is 68.3 Å². The summed E-state index contributed by atoms with van der Waals surface area (Å²) in [5.74, 6) is -0.615. The van der Waals surface area contributed by atoms with E-state index in [-0.39, 0.29) is 17.4 Å². The molecule has 2 heterocycles. The van der Waals surface area contributed by atoms with E-state index in [0.29, 0.717) is 17.9 Å². The van der Waals surface area contributed by atoms with Crippen molar-refractivity contribution in [3.05, 3.63) is 65.0 Å². The number of aliphatic hydroxyl groups is 1. The van der Waals surface area contributed by atoms with Gasteiger partial charge in [-0.25, -0.2) is 0 Å². The number of ether oxygens (including phenoxy) is 1. The molecule has 1 aliphatic carbocycles. The third-order valence-corrected chi connectivity index (χ3v) is 6.33. The predicted octanol–water partition coefficient (Wildman–Crippen LogP) is 4.93. The molecule has 4 rings (SSSR count). The summed E-state index contributed by atoms with van der Waals surface area (Å²) in [6.07, 6.45) is 7.47. The maximum Gasteiger partial charge on any atom is 0.295 e. The lowest BCUT2D eigenvalue weighted by Crippen LogP contribution is -2.40. The van der Waals surface area contributed by atoms with Crippen molar-refractivity contribution < 1.29 is 19.4 Å². The lowest BCUT2D eigenvalue weighted by molar-refractivity contribution is -0.141. The van der Waals surface area contributed by atoms with E-state index >= 15 is 0 Å². The second-order valence-corrected chi connectivity index (χ2v) is 8.58. The number of aromatic nitrogens is 1. The molecular formula is C26H30N2O4. The van der Waals surface area contributed by atoms with Crippen molar-refractivity contribution in [2.24, 2.45) is 0 Å². The maximum absolute atomic E-state index is 13.2. The Morgan fingerprint density at radius 2 is 1.94 bits per heavy atom. The molecule has 6 heteroatoms. The van der Waals surface area contributed by atoms with E-state index in [2.05, 4.69) is 4.98 Å². The summed E-state index contributed by atoms with van der Waals surface area (Å²) >= 11 is 0. The zero-order valence-corrected chi connectivity index (χ0v) is 18.7. The number of hydrogen-bond donors (Lipinski definition) is 1. The van der Waals surface area contributed by atoms with E-state index in [0.717, 1.165) is 49.8 Å². The van der Waals surface area contributed by atoms with Gasteiger partial charge < -0.3 is 14.7 Å². The first-order chi connectivity index (χ1) is 15.5. The van der Waals surface area contributed by atoms with Gasteiger partial charge in [0.15, 0.2) is 0 Å². The van der Waals surface area contributed by atoms with Crippen LogP contribution in [0.4, 0.5) is 0 Å². The Morgan fingerprint density at radius 3 is 2.59 bits per heavy atom. The number of carbonyl (C=O) groups excluding carboxylic acids is 2. The summed E-state index contributed by atoms with van der Waals surface area (Å²) in [5, 5.41) is 11.3. The molecule has 0 spiro atoms. The summed E-state index contributed by atoms with van der Waals surface area (Å²) in [5.41, 5.74) is 2.06. The van der Waals surface area contributed by atoms with Gasteiger partial charge in [0.25, 0.3) is 11.7 Å². The van der Waals surface area contributed by atoms with Crippen molar-refractivity contribution in [2.75, 3.05) is 6.61 Å². The largest absolute Gasteiger partial charge is 0.507 e. The second kappa shape index (κ2) is 9.55. The SMILES string of the molecule is CCCOc1ccc(/C(O)=C2/C(=O)C(=O)N(C3CCCCC3)C2c2ccccn2)cc1C. The Bertz CT molecular complexity index is 1030. The molecule has 2 aliphatic rings. The van der Waals surface area contributed by atoms with Gasteiger partial charge in [-0.3, -0.25) is 14.6 Å². The molecule has 2 fully saturated rings. The number of aliphatic hydroxyl groups excluding tert-OH is 1. The number of nitrogens with zero attached hydrogens (tertiary/aromatic N) is 2. The summed E-state index contributed by atoms with van der Waals surface area (Å²) in [6, 6.07) is 10.1. The van der Waals surface area contributed by atoms with Gasteiger partial charge in [-0.05, 0) is 62.1 Å². The standard InChI is InChI=1S/C26H30N2O4/c1-3-15-32-21-13-12-18(16-17(21)2)24(29)22-23(20-11-7-8-14-27-20)28(26(31)25(22)30)19-9-5-4-6-10-19/h7-8,11-14,16,19,23,29H,3-6,9-10,15H2,1-2H3/b24-22-. The van der Waals surface area contributed by atoms with Crippen LogP contribution in [-0.4, -0.2) is 39.3 Å². The van der Waals surface area contributed by atoms with Gasteiger partial charge in [-0.1, -0.05) is 32.3 Å². The van der Waals surface area contributed by atoms with E-state index in [1.807, 2.05) is 26.0 Å². The number of carbonyl (C=O) groups is 2. The van der Waals surface area contributed by atoms with Gasteiger partial charge in [0.1, 0.15) is 17.6 Å².